The van der Waals surface area contributed by atoms with Crippen molar-refractivity contribution in [1.29, 1.82) is 0 Å². The first-order valence-electron chi connectivity index (χ1n) is 7.55. The van der Waals surface area contributed by atoms with Crippen LogP contribution in [-0.4, -0.2) is 25.9 Å². The summed E-state index contributed by atoms with van der Waals surface area (Å²) in [5, 5.41) is 10.4. The quantitative estimate of drug-likeness (QED) is 0.572. The van der Waals surface area contributed by atoms with Gasteiger partial charge in [-0.15, -0.1) is 21.5 Å². The highest BCUT2D eigenvalue weighted by molar-refractivity contribution is 7.98. The molecule has 0 saturated carbocycles. The Labute approximate surface area is 151 Å². The van der Waals surface area contributed by atoms with Gasteiger partial charge >= 0.3 is 6.18 Å². The zero-order valence-electron chi connectivity index (χ0n) is 13.3. The van der Waals surface area contributed by atoms with E-state index in [1.807, 2.05) is 17.5 Å². The third-order valence-corrected chi connectivity index (χ3v) is 5.39. The number of nitrogens with zero attached hydrogens (tertiary/aromatic N) is 4. The lowest BCUT2D eigenvalue weighted by Crippen LogP contribution is -2.17. The van der Waals surface area contributed by atoms with Crippen LogP contribution in [0.2, 0.25) is 0 Å². The summed E-state index contributed by atoms with van der Waals surface area (Å²) in [6.45, 7) is 1.01. The first-order valence-corrected chi connectivity index (χ1v) is 9.42. The van der Waals surface area contributed by atoms with Crippen molar-refractivity contribution in [2.24, 2.45) is 0 Å². The third-order valence-electron chi connectivity index (χ3n) is 3.44. The molecule has 0 aliphatic heterocycles. The highest BCUT2D eigenvalue weighted by atomic mass is 32.2. The van der Waals surface area contributed by atoms with Crippen LogP contribution in [0.25, 0.3) is 10.6 Å². The zero-order valence-corrected chi connectivity index (χ0v) is 15.0. The monoisotopic (exact) mass is 384 g/mol. The van der Waals surface area contributed by atoms with E-state index in [4.69, 9.17) is 0 Å². The van der Waals surface area contributed by atoms with Crippen molar-refractivity contribution in [2.45, 2.75) is 37.0 Å². The SMILES string of the molecule is CCc1ccc(-c2nc(CSc3nncn3CC(F)(F)F)cs2)cc1. The second-order valence-corrected chi connectivity index (χ2v) is 7.14. The average molecular weight is 384 g/mol. The number of thiazole rings is 1. The Balaban J connectivity index is 1.65. The van der Waals surface area contributed by atoms with Gasteiger partial charge in [0.1, 0.15) is 17.9 Å². The van der Waals surface area contributed by atoms with Crippen LogP contribution in [0.15, 0.2) is 41.1 Å². The standard InChI is InChI=1S/C16H15F3N4S2/c1-2-11-3-5-12(6-4-11)14-21-13(7-24-14)8-25-15-22-20-10-23(15)9-16(17,18)19/h3-7,10H,2,8-9H2,1H3. The van der Waals surface area contributed by atoms with Crippen LogP contribution in [0.1, 0.15) is 18.2 Å². The molecule has 132 valence electrons. The van der Waals surface area contributed by atoms with E-state index in [2.05, 4.69) is 34.2 Å². The minimum atomic E-state index is -4.30. The molecule has 0 spiro atoms. The molecule has 0 aliphatic rings. The molecule has 2 aromatic heterocycles. The summed E-state index contributed by atoms with van der Waals surface area (Å²) < 4.78 is 38.5. The zero-order chi connectivity index (χ0) is 17.9. The van der Waals surface area contributed by atoms with Crippen LogP contribution in [0.5, 0.6) is 0 Å². The van der Waals surface area contributed by atoms with Crippen molar-refractivity contribution in [2.75, 3.05) is 0 Å². The van der Waals surface area contributed by atoms with Gasteiger partial charge in [0.2, 0.25) is 0 Å². The Morgan fingerprint density at radius 1 is 1.20 bits per heavy atom. The summed E-state index contributed by atoms with van der Waals surface area (Å²) in [6.07, 6.45) is -2.22. The smallest absolute Gasteiger partial charge is 0.299 e. The van der Waals surface area contributed by atoms with E-state index in [0.717, 1.165) is 33.6 Å². The highest BCUT2D eigenvalue weighted by Gasteiger charge is 2.29. The van der Waals surface area contributed by atoms with E-state index in [1.165, 1.54) is 28.7 Å². The molecule has 25 heavy (non-hydrogen) atoms. The molecule has 0 N–H and O–H groups in total. The minimum Gasteiger partial charge on any atom is -0.299 e. The van der Waals surface area contributed by atoms with Crippen molar-refractivity contribution in [3.63, 3.8) is 0 Å². The van der Waals surface area contributed by atoms with Gasteiger partial charge in [-0.2, -0.15) is 13.2 Å². The summed E-state index contributed by atoms with van der Waals surface area (Å²) in [4.78, 5) is 4.56. The predicted molar refractivity (Wildman–Crippen MR) is 92.6 cm³/mol. The third kappa shape index (κ3) is 4.82. The summed E-state index contributed by atoms with van der Waals surface area (Å²) in [5.74, 6) is 0.445. The lowest BCUT2D eigenvalue weighted by molar-refractivity contribution is -0.142. The van der Waals surface area contributed by atoms with Gasteiger partial charge in [0.25, 0.3) is 0 Å². The van der Waals surface area contributed by atoms with Crippen molar-refractivity contribution in [3.8, 4) is 10.6 Å². The molecule has 0 saturated heterocycles. The summed E-state index contributed by atoms with van der Waals surface area (Å²) >= 11 is 2.72. The molecule has 0 aliphatic carbocycles. The number of halogens is 3. The fraction of sp³-hybridized carbons (Fsp3) is 0.312. The Morgan fingerprint density at radius 3 is 2.64 bits per heavy atom. The van der Waals surface area contributed by atoms with Gasteiger partial charge in [-0.25, -0.2) is 4.98 Å². The lowest BCUT2D eigenvalue weighted by Gasteiger charge is -2.08. The molecule has 0 bridgehead atoms. The van der Waals surface area contributed by atoms with Crippen LogP contribution in [0, 0.1) is 0 Å². The van der Waals surface area contributed by atoms with Crippen LogP contribution >= 0.6 is 23.1 Å². The van der Waals surface area contributed by atoms with Crippen LogP contribution < -0.4 is 0 Å². The van der Waals surface area contributed by atoms with Gasteiger partial charge in [-0.1, -0.05) is 43.0 Å². The summed E-state index contributed by atoms with van der Waals surface area (Å²) in [7, 11) is 0. The topological polar surface area (TPSA) is 43.6 Å². The number of aromatic nitrogens is 4. The minimum absolute atomic E-state index is 0.235. The van der Waals surface area contributed by atoms with Gasteiger partial charge in [-0.3, -0.25) is 4.57 Å². The number of hydrogen-bond donors (Lipinski definition) is 0. The Bertz CT molecular complexity index is 825. The molecule has 3 rings (SSSR count). The fourth-order valence-electron chi connectivity index (χ4n) is 2.19. The maximum Gasteiger partial charge on any atom is 0.406 e. The van der Waals surface area contributed by atoms with Gasteiger partial charge in [0.05, 0.1) is 5.69 Å². The largest absolute Gasteiger partial charge is 0.406 e. The van der Waals surface area contributed by atoms with Crippen molar-refractivity contribution in [1.82, 2.24) is 19.7 Å². The first kappa shape index (κ1) is 17.9. The van der Waals surface area contributed by atoms with E-state index in [1.54, 1.807) is 0 Å². The Morgan fingerprint density at radius 2 is 1.96 bits per heavy atom. The molecule has 0 fully saturated rings. The Kier molecular flexibility index (Phi) is 5.43. The van der Waals surface area contributed by atoms with E-state index in [9.17, 15) is 13.2 Å². The molecule has 9 heteroatoms. The number of hydrogen-bond acceptors (Lipinski definition) is 5. The second-order valence-electron chi connectivity index (χ2n) is 5.34. The van der Waals surface area contributed by atoms with Crippen LogP contribution in [0.4, 0.5) is 13.2 Å². The number of alkyl halides is 3. The van der Waals surface area contributed by atoms with E-state index in [-0.39, 0.29) is 5.16 Å². The van der Waals surface area contributed by atoms with Gasteiger partial charge in [-0.05, 0) is 12.0 Å². The normalized spacial score (nSPS) is 11.8. The number of rotatable bonds is 6. The second kappa shape index (κ2) is 7.57. The number of thioether (sulfide) groups is 1. The molecule has 2 heterocycles. The molecule has 0 atom stereocenters. The fourth-order valence-corrected chi connectivity index (χ4v) is 3.92. The predicted octanol–water partition coefficient (Wildman–Crippen LogP) is 4.82. The van der Waals surface area contributed by atoms with Crippen molar-refractivity contribution >= 4 is 23.1 Å². The number of aryl methyl sites for hydroxylation is 1. The van der Waals surface area contributed by atoms with Crippen LogP contribution in [-0.2, 0) is 18.7 Å². The molecule has 0 radical (unpaired) electrons. The van der Waals surface area contributed by atoms with E-state index < -0.39 is 12.7 Å². The maximum atomic E-state index is 12.5. The van der Waals surface area contributed by atoms with Gasteiger partial charge in [0, 0.05) is 16.7 Å². The number of benzene rings is 1. The molecule has 0 amide bonds. The maximum absolute atomic E-state index is 12.5. The molecule has 3 aromatic rings. The lowest BCUT2D eigenvalue weighted by atomic mass is 10.1. The van der Waals surface area contributed by atoms with E-state index in [0.29, 0.717) is 5.75 Å². The highest BCUT2D eigenvalue weighted by Crippen LogP contribution is 2.28. The summed E-state index contributed by atoms with van der Waals surface area (Å²) in [5.41, 5.74) is 3.12. The van der Waals surface area contributed by atoms with Gasteiger partial charge in [0.15, 0.2) is 5.16 Å². The molecule has 4 nitrogen and oxygen atoms in total. The average Bonchev–Trinajstić information content (AvgIpc) is 3.21. The summed E-state index contributed by atoms with van der Waals surface area (Å²) in [6, 6.07) is 8.22. The van der Waals surface area contributed by atoms with Gasteiger partial charge < -0.3 is 0 Å². The Hall–Kier alpha value is -1.87. The van der Waals surface area contributed by atoms with Crippen LogP contribution in [0.3, 0.4) is 0 Å². The molecule has 1 aromatic carbocycles. The molecular weight excluding hydrogens is 369 g/mol. The van der Waals surface area contributed by atoms with Crippen molar-refractivity contribution < 1.29 is 13.2 Å². The molecule has 0 unspecified atom stereocenters. The molecular formula is C16H15F3N4S2. The van der Waals surface area contributed by atoms with Crippen molar-refractivity contribution in [3.05, 3.63) is 47.2 Å². The first-order chi connectivity index (χ1) is 11.9. The van der Waals surface area contributed by atoms with E-state index >= 15 is 0 Å².